The summed E-state index contributed by atoms with van der Waals surface area (Å²) in [7, 11) is 0. The van der Waals surface area contributed by atoms with Gasteiger partial charge < -0.3 is 0 Å². The molecule has 0 saturated carbocycles. The summed E-state index contributed by atoms with van der Waals surface area (Å²) in [6, 6.07) is 0. The molecule has 0 amide bonds. The Balaban J connectivity index is 2.38. The van der Waals surface area contributed by atoms with Gasteiger partial charge >= 0.3 is 0 Å². The highest BCUT2D eigenvalue weighted by molar-refractivity contribution is 8.20. The Morgan fingerprint density at radius 2 is 0.682 bits per heavy atom. The number of hydrogen-bond acceptors (Lipinski definition) is 10. The lowest BCUT2D eigenvalue weighted by molar-refractivity contribution is -0.110. The first-order valence-corrected chi connectivity index (χ1v) is 12.6. The van der Waals surface area contributed by atoms with Crippen molar-refractivity contribution < 1.29 is 19.2 Å². The molecule has 0 aromatic rings. The number of hydrogen-bond donors (Lipinski definition) is 0. The van der Waals surface area contributed by atoms with Crippen LogP contribution in [0.5, 0.6) is 0 Å². The molecule has 10 heteroatoms. The molecule has 0 spiro atoms. The normalized spacial score (nSPS) is 22.2. The van der Waals surface area contributed by atoms with E-state index in [0.717, 1.165) is 0 Å². The molecule has 1 aliphatic heterocycles. The lowest BCUT2D eigenvalue weighted by Gasteiger charge is -2.04. The molecule has 0 aromatic heterocycles. The highest BCUT2D eigenvalue weighted by Crippen LogP contribution is 2.18. The number of carbonyl (C=O) groups is 4. The van der Waals surface area contributed by atoms with Crippen molar-refractivity contribution in [3.63, 3.8) is 0 Å². The van der Waals surface area contributed by atoms with Gasteiger partial charge in [-0.25, -0.2) is 0 Å². The Kier molecular flexibility index (Phi) is 12.4. The summed E-state index contributed by atoms with van der Waals surface area (Å²) >= 11 is 7.48. The van der Waals surface area contributed by atoms with E-state index >= 15 is 0 Å². The summed E-state index contributed by atoms with van der Waals surface area (Å²) in [4.78, 5) is 46.3. The Morgan fingerprint density at radius 3 is 0.909 bits per heavy atom. The third kappa shape index (κ3) is 11.3. The van der Waals surface area contributed by atoms with Gasteiger partial charge in [-0.1, -0.05) is 47.0 Å². The fourth-order valence-corrected chi connectivity index (χ4v) is 6.67. The molecular formula is C12H16O4S6. The second kappa shape index (κ2) is 13.1. The third-order valence-electron chi connectivity index (χ3n) is 2.10. The van der Waals surface area contributed by atoms with Crippen molar-refractivity contribution in [2.45, 2.75) is 0 Å². The summed E-state index contributed by atoms with van der Waals surface area (Å²) in [5.41, 5.74) is 0. The lowest BCUT2D eigenvalue weighted by atomic mass is 10.9. The Labute approximate surface area is 155 Å². The van der Waals surface area contributed by atoms with Crippen LogP contribution in [0.3, 0.4) is 0 Å². The molecule has 1 aliphatic rings. The average molecular weight is 417 g/mol. The SMILES string of the molecule is O=C1CSCC(=O)SCCSC(=O)CSCC(=O)SCCS1. The van der Waals surface area contributed by atoms with Crippen LogP contribution in [-0.4, -0.2) is 66.5 Å². The molecule has 1 rings (SSSR count). The second-order valence-corrected chi connectivity index (χ2v) is 10.4. The van der Waals surface area contributed by atoms with Gasteiger partial charge in [-0.15, -0.1) is 23.5 Å². The van der Waals surface area contributed by atoms with E-state index < -0.39 is 0 Å². The van der Waals surface area contributed by atoms with Gasteiger partial charge in [-0.05, 0) is 0 Å². The van der Waals surface area contributed by atoms with E-state index in [0.29, 0.717) is 46.0 Å². The van der Waals surface area contributed by atoms with Crippen LogP contribution in [0.4, 0.5) is 0 Å². The Bertz CT molecular complexity index is 340. The van der Waals surface area contributed by atoms with Crippen LogP contribution in [0.2, 0.25) is 0 Å². The minimum atomic E-state index is 0.0486. The molecule has 1 fully saturated rings. The van der Waals surface area contributed by atoms with E-state index in [-0.39, 0.29) is 20.5 Å². The first kappa shape index (κ1) is 20.8. The summed E-state index contributed by atoms with van der Waals surface area (Å²) in [6.45, 7) is 0. The summed E-state index contributed by atoms with van der Waals surface area (Å²) in [6.07, 6.45) is 0. The van der Waals surface area contributed by atoms with Crippen molar-refractivity contribution in [2.75, 3.05) is 46.0 Å². The molecule has 124 valence electrons. The molecular weight excluding hydrogens is 401 g/mol. The van der Waals surface area contributed by atoms with Gasteiger partial charge in [0, 0.05) is 23.0 Å². The molecule has 0 aromatic carbocycles. The minimum absolute atomic E-state index is 0.0486. The largest absolute Gasteiger partial charge is 0.286 e. The molecule has 0 aliphatic carbocycles. The van der Waals surface area contributed by atoms with Crippen LogP contribution in [0, 0.1) is 0 Å². The quantitative estimate of drug-likeness (QED) is 0.588. The van der Waals surface area contributed by atoms with Crippen molar-refractivity contribution >= 4 is 91.0 Å². The number of carbonyl (C=O) groups excluding carboxylic acids is 4. The van der Waals surface area contributed by atoms with Crippen molar-refractivity contribution in [1.82, 2.24) is 0 Å². The molecule has 0 N–H and O–H groups in total. The highest BCUT2D eigenvalue weighted by Gasteiger charge is 2.11. The van der Waals surface area contributed by atoms with Crippen LogP contribution in [0.1, 0.15) is 0 Å². The fraction of sp³-hybridized carbons (Fsp3) is 0.667. The highest BCUT2D eigenvalue weighted by atomic mass is 32.2. The molecule has 0 radical (unpaired) electrons. The number of rotatable bonds is 0. The van der Waals surface area contributed by atoms with Gasteiger partial charge in [0.2, 0.25) is 0 Å². The second-order valence-electron chi connectivity index (χ2n) is 3.87. The first-order chi connectivity index (χ1) is 10.6. The average Bonchev–Trinajstić information content (AvgIpc) is 2.47. The van der Waals surface area contributed by atoms with Gasteiger partial charge in [0.15, 0.2) is 20.5 Å². The van der Waals surface area contributed by atoms with Crippen molar-refractivity contribution in [1.29, 1.82) is 0 Å². The summed E-state index contributed by atoms with van der Waals surface area (Å²) in [5.74, 6) is 3.65. The molecule has 22 heavy (non-hydrogen) atoms. The van der Waals surface area contributed by atoms with Gasteiger partial charge in [-0.2, -0.15) is 0 Å². The zero-order valence-corrected chi connectivity index (χ0v) is 16.6. The molecule has 1 heterocycles. The van der Waals surface area contributed by atoms with E-state index in [9.17, 15) is 19.2 Å². The zero-order chi connectivity index (χ0) is 16.2. The monoisotopic (exact) mass is 416 g/mol. The zero-order valence-electron chi connectivity index (χ0n) is 11.7. The van der Waals surface area contributed by atoms with Crippen molar-refractivity contribution in [3.8, 4) is 0 Å². The van der Waals surface area contributed by atoms with E-state index in [1.165, 1.54) is 70.6 Å². The van der Waals surface area contributed by atoms with Gasteiger partial charge in [0.05, 0.1) is 23.0 Å². The summed E-state index contributed by atoms with van der Waals surface area (Å²) < 4.78 is 0. The van der Waals surface area contributed by atoms with Crippen LogP contribution >= 0.6 is 70.6 Å². The van der Waals surface area contributed by atoms with Gasteiger partial charge in [0.25, 0.3) is 0 Å². The fourth-order valence-electron chi connectivity index (χ4n) is 1.22. The van der Waals surface area contributed by atoms with Gasteiger partial charge in [0.1, 0.15) is 0 Å². The minimum Gasteiger partial charge on any atom is -0.286 e. The van der Waals surface area contributed by atoms with E-state index in [1.54, 1.807) is 0 Å². The topological polar surface area (TPSA) is 68.3 Å². The maximum atomic E-state index is 11.6. The smallest absolute Gasteiger partial charge is 0.198 e. The standard InChI is InChI=1S/C12H16O4S6/c13-9-5-17-7-11(15)21-3-4-22-12(16)8-18-6-10(14)20-2-1-19-9/h1-8H2. The van der Waals surface area contributed by atoms with Crippen LogP contribution in [0.15, 0.2) is 0 Å². The molecule has 4 nitrogen and oxygen atoms in total. The molecule has 0 bridgehead atoms. The van der Waals surface area contributed by atoms with Crippen molar-refractivity contribution in [3.05, 3.63) is 0 Å². The van der Waals surface area contributed by atoms with Crippen LogP contribution in [-0.2, 0) is 19.2 Å². The molecule has 0 atom stereocenters. The van der Waals surface area contributed by atoms with Crippen LogP contribution in [0.25, 0.3) is 0 Å². The maximum Gasteiger partial charge on any atom is 0.198 e. The Morgan fingerprint density at radius 1 is 0.455 bits per heavy atom. The number of thioether (sulfide) groups is 6. The third-order valence-corrected chi connectivity index (χ3v) is 8.71. The van der Waals surface area contributed by atoms with E-state index in [2.05, 4.69) is 0 Å². The molecule has 0 unspecified atom stereocenters. The predicted octanol–water partition coefficient (Wildman–Crippen LogP) is 2.51. The van der Waals surface area contributed by atoms with Crippen LogP contribution < -0.4 is 0 Å². The Hall–Kier alpha value is 0.780. The van der Waals surface area contributed by atoms with E-state index in [4.69, 9.17) is 0 Å². The lowest BCUT2D eigenvalue weighted by Crippen LogP contribution is -2.07. The predicted molar refractivity (Wildman–Crippen MR) is 105 cm³/mol. The van der Waals surface area contributed by atoms with Gasteiger partial charge in [-0.3, -0.25) is 19.2 Å². The summed E-state index contributed by atoms with van der Waals surface area (Å²) in [5, 5.41) is 0.194. The van der Waals surface area contributed by atoms with Crippen molar-refractivity contribution in [2.24, 2.45) is 0 Å². The molecule has 1 saturated heterocycles. The van der Waals surface area contributed by atoms with E-state index in [1.807, 2.05) is 0 Å². The maximum absolute atomic E-state index is 11.6. The first-order valence-electron chi connectivity index (χ1n) is 6.36.